The van der Waals surface area contributed by atoms with Crippen molar-refractivity contribution in [2.75, 3.05) is 20.8 Å². The summed E-state index contributed by atoms with van der Waals surface area (Å²) in [7, 11) is 3.68. The Balaban J connectivity index is 2.34. The molecule has 0 aliphatic carbocycles. The molecule has 1 fully saturated rings. The zero-order chi connectivity index (χ0) is 13.1. The lowest BCUT2D eigenvalue weighted by Gasteiger charge is -2.26. The molecule has 5 nitrogen and oxygen atoms in total. The minimum absolute atomic E-state index is 0.222. The Morgan fingerprint density at radius 3 is 2.94 bits per heavy atom. The van der Waals surface area contributed by atoms with Crippen LogP contribution in [0.3, 0.4) is 0 Å². The summed E-state index contributed by atoms with van der Waals surface area (Å²) in [5, 5.41) is 7.79. The number of aromatic nitrogens is 2. The number of nitrogens with zero attached hydrogens (tertiary/aromatic N) is 2. The summed E-state index contributed by atoms with van der Waals surface area (Å²) < 4.78 is 13.1. The third-order valence-corrected chi connectivity index (χ3v) is 3.83. The quantitative estimate of drug-likeness (QED) is 0.866. The molecule has 0 radical (unpaired) electrons. The molecule has 1 aliphatic rings. The maximum Gasteiger partial charge on any atom is 0.161 e. The van der Waals surface area contributed by atoms with Crippen LogP contribution >= 0.6 is 0 Å². The third-order valence-electron chi connectivity index (χ3n) is 3.83. The van der Waals surface area contributed by atoms with Gasteiger partial charge in [0.05, 0.1) is 31.1 Å². The molecular weight excluding hydrogens is 230 g/mol. The van der Waals surface area contributed by atoms with E-state index in [0.717, 1.165) is 31.0 Å². The molecule has 3 unspecified atom stereocenters. The summed E-state index contributed by atoms with van der Waals surface area (Å²) in [4.78, 5) is 0. The van der Waals surface area contributed by atoms with Crippen LogP contribution in [0.25, 0.3) is 0 Å². The lowest BCUT2D eigenvalue weighted by molar-refractivity contribution is 0.0949. The van der Waals surface area contributed by atoms with Crippen molar-refractivity contribution in [3.63, 3.8) is 0 Å². The minimum atomic E-state index is 0.222. The van der Waals surface area contributed by atoms with Gasteiger partial charge in [-0.15, -0.1) is 0 Å². The van der Waals surface area contributed by atoms with E-state index in [4.69, 9.17) is 9.47 Å². The molecule has 3 atom stereocenters. The van der Waals surface area contributed by atoms with Gasteiger partial charge in [0, 0.05) is 19.1 Å². The number of methoxy groups -OCH3 is 1. The van der Waals surface area contributed by atoms with Gasteiger partial charge in [-0.2, -0.15) is 5.10 Å². The molecule has 2 heterocycles. The fraction of sp³-hybridized carbons (Fsp3) is 0.769. The molecule has 0 spiro atoms. The average Bonchev–Trinajstić information content (AvgIpc) is 2.98. The van der Waals surface area contributed by atoms with E-state index in [2.05, 4.69) is 24.3 Å². The van der Waals surface area contributed by atoms with E-state index in [1.165, 1.54) is 0 Å². The summed E-state index contributed by atoms with van der Waals surface area (Å²) in [6.45, 7) is 5.92. The molecule has 1 saturated heterocycles. The van der Waals surface area contributed by atoms with Gasteiger partial charge in [-0.1, -0.05) is 0 Å². The molecule has 1 aromatic heterocycles. The van der Waals surface area contributed by atoms with Gasteiger partial charge in [-0.05, 0) is 27.3 Å². The average molecular weight is 253 g/mol. The van der Waals surface area contributed by atoms with Crippen molar-refractivity contribution in [1.82, 2.24) is 15.1 Å². The predicted octanol–water partition coefficient (Wildman–Crippen LogP) is 1.60. The highest BCUT2D eigenvalue weighted by Gasteiger charge is 2.35. The summed E-state index contributed by atoms with van der Waals surface area (Å²) in [6.07, 6.45) is 3.14. The standard InChI is InChI=1S/C13H23N3O2/c1-5-16-13(11(17-4)8-15-16)12(14-3)10-6-7-18-9(10)2/h8-10,12,14H,5-7H2,1-4H3. The van der Waals surface area contributed by atoms with Gasteiger partial charge in [0.15, 0.2) is 5.75 Å². The van der Waals surface area contributed by atoms with Crippen molar-refractivity contribution >= 4 is 0 Å². The molecule has 1 aromatic rings. The molecule has 0 amide bonds. The fourth-order valence-corrected chi connectivity index (χ4v) is 2.84. The Labute approximate surface area is 108 Å². The van der Waals surface area contributed by atoms with Crippen molar-refractivity contribution in [3.8, 4) is 5.75 Å². The molecule has 0 aromatic carbocycles. The molecule has 2 rings (SSSR count). The van der Waals surface area contributed by atoms with E-state index in [-0.39, 0.29) is 12.1 Å². The van der Waals surface area contributed by atoms with Gasteiger partial charge in [0.2, 0.25) is 0 Å². The van der Waals surface area contributed by atoms with Crippen LogP contribution in [0.5, 0.6) is 5.75 Å². The monoisotopic (exact) mass is 253 g/mol. The predicted molar refractivity (Wildman–Crippen MR) is 69.8 cm³/mol. The maximum atomic E-state index is 5.68. The topological polar surface area (TPSA) is 48.3 Å². The van der Waals surface area contributed by atoms with E-state index >= 15 is 0 Å². The van der Waals surface area contributed by atoms with E-state index < -0.39 is 0 Å². The number of hydrogen-bond donors (Lipinski definition) is 1. The molecule has 5 heteroatoms. The smallest absolute Gasteiger partial charge is 0.161 e. The summed E-state index contributed by atoms with van der Waals surface area (Å²) >= 11 is 0. The van der Waals surface area contributed by atoms with Crippen LogP contribution in [0.2, 0.25) is 0 Å². The zero-order valence-corrected chi connectivity index (χ0v) is 11.6. The number of hydrogen-bond acceptors (Lipinski definition) is 4. The van der Waals surface area contributed by atoms with Gasteiger partial charge in [0.25, 0.3) is 0 Å². The van der Waals surface area contributed by atoms with Crippen LogP contribution in [0, 0.1) is 5.92 Å². The van der Waals surface area contributed by atoms with Crippen molar-refractivity contribution < 1.29 is 9.47 Å². The Bertz CT molecular complexity index is 370. The van der Waals surface area contributed by atoms with Crippen LogP contribution in [0.1, 0.15) is 32.0 Å². The van der Waals surface area contributed by atoms with Crippen LogP contribution in [-0.4, -0.2) is 36.6 Å². The van der Waals surface area contributed by atoms with Gasteiger partial charge < -0.3 is 14.8 Å². The first-order valence-electron chi connectivity index (χ1n) is 6.61. The first kappa shape index (κ1) is 13.4. The Morgan fingerprint density at radius 2 is 2.44 bits per heavy atom. The van der Waals surface area contributed by atoms with E-state index in [1.807, 2.05) is 11.7 Å². The molecule has 0 saturated carbocycles. The SMILES string of the molecule is CCn1ncc(OC)c1C(NC)C1CCOC1C. The van der Waals surface area contributed by atoms with Crippen molar-refractivity contribution in [3.05, 3.63) is 11.9 Å². The molecule has 1 N–H and O–H groups in total. The number of ether oxygens (including phenoxy) is 2. The maximum absolute atomic E-state index is 5.68. The molecule has 102 valence electrons. The van der Waals surface area contributed by atoms with Gasteiger partial charge in [-0.3, -0.25) is 4.68 Å². The fourth-order valence-electron chi connectivity index (χ4n) is 2.84. The van der Waals surface area contributed by atoms with Gasteiger partial charge in [-0.25, -0.2) is 0 Å². The molecular formula is C13H23N3O2. The largest absolute Gasteiger partial charge is 0.493 e. The second kappa shape index (κ2) is 5.71. The van der Waals surface area contributed by atoms with Gasteiger partial charge in [0.1, 0.15) is 0 Å². The number of nitrogens with one attached hydrogen (secondary N) is 1. The minimum Gasteiger partial charge on any atom is -0.493 e. The Kier molecular flexibility index (Phi) is 4.24. The number of aryl methyl sites for hydroxylation is 1. The second-order valence-electron chi connectivity index (χ2n) is 4.71. The summed E-state index contributed by atoms with van der Waals surface area (Å²) in [6, 6.07) is 0.222. The summed E-state index contributed by atoms with van der Waals surface area (Å²) in [5.74, 6) is 1.32. The second-order valence-corrected chi connectivity index (χ2v) is 4.71. The van der Waals surface area contributed by atoms with Crippen LogP contribution < -0.4 is 10.1 Å². The van der Waals surface area contributed by atoms with E-state index in [9.17, 15) is 0 Å². The highest BCUT2D eigenvalue weighted by molar-refractivity contribution is 5.29. The first-order valence-corrected chi connectivity index (χ1v) is 6.61. The van der Waals surface area contributed by atoms with Gasteiger partial charge >= 0.3 is 0 Å². The lowest BCUT2D eigenvalue weighted by Crippen LogP contribution is -2.31. The van der Waals surface area contributed by atoms with Crippen LogP contribution in [0.15, 0.2) is 6.20 Å². The Morgan fingerprint density at radius 1 is 1.67 bits per heavy atom. The van der Waals surface area contributed by atoms with Crippen molar-refractivity contribution in [2.24, 2.45) is 5.92 Å². The molecule has 0 bridgehead atoms. The summed E-state index contributed by atoms with van der Waals surface area (Å²) in [5.41, 5.74) is 1.13. The van der Waals surface area contributed by atoms with Crippen LogP contribution in [0.4, 0.5) is 0 Å². The normalized spacial score (nSPS) is 25.3. The number of rotatable bonds is 5. The van der Waals surface area contributed by atoms with E-state index in [1.54, 1.807) is 13.3 Å². The molecule has 1 aliphatic heterocycles. The first-order chi connectivity index (χ1) is 8.72. The lowest BCUT2D eigenvalue weighted by atomic mass is 9.91. The highest BCUT2D eigenvalue weighted by Crippen LogP contribution is 2.36. The zero-order valence-electron chi connectivity index (χ0n) is 11.6. The Hall–Kier alpha value is -1.07. The third kappa shape index (κ3) is 2.24. The van der Waals surface area contributed by atoms with Crippen molar-refractivity contribution in [2.45, 2.75) is 39.0 Å². The van der Waals surface area contributed by atoms with E-state index in [0.29, 0.717) is 5.92 Å². The highest BCUT2D eigenvalue weighted by atomic mass is 16.5. The molecule has 18 heavy (non-hydrogen) atoms. The van der Waals surface area contributed by atoms with Crippen molar-refractivity contribution in [1.29, 1.82) is 0 Å². The van der Waals surface area contributed by atoms with Crippen LogP contribution in [-0.2, 0) is 11.3 Å².